The Kier molecular flexibility index (Phi) is 6.09. The van der Waals surface area contributed by atoms with Crippen LogP contribution < -0.4 is 15.5 Å². The first-order chi connectivity index (χ1) is 11.5. The fraction of sp³-hybridized carbons (Fsp3) is 0.263. The van der Waals surface area contributed by atoms with Gasteiger partial charge in [-0.05, 0) is 31.2 Å². The maximum Gasteiger partial charge on any atom is 0.282 e. The molecule has 0 fully saturated rings. The standard InChI is InChI=1S/C19H23N3O2/c1-14(18(23)21-17-7-5-4-6-8-17)22(3)13-15-9-11-16(12-10-15)19(24)20-2/h4-12,14H,13H2,1-3H3,(H,20,24)(H,21,23)/p+1/t14-/m0/s1. The van der Waals surface area contributed by atoms with Gasteiger partial charge in [-0.3, -0.25) is 9.59 Å². The Morgan fingerprint density at radius 3 is 2.25 bits per heavy atom. The van der Waals surface area contributed by atoms with Gasteiger partial charge in [-0.25, -0.2) is 0 Å². The molecular weight excluding hydrogens is 302 g/mol. The van der Waals surface area contributed by atoms with E-state index in [0.29, 0.717) is 12.1 Å². The summed E-state index contributed by atoms with van der Waals surface area (Å²) in [6.07, 6.45) is 0. The third-order valence-corrected chi connectivity index (χ3v) is 4.10. The van der Waals surface area contributed by atoms with E-state index in [1.165, 1.54) is 0 Å². The number of carbonyl (C=O) groups is 2. The van der Waals surface area contributed by atoms with E-state index in [-0.39, 0.29) is 17.9 Å². The molecule has 0 saturated heterocycles. The molecule has 0 heterocycles. The van der Waals surface area contributed by atoms with Gasteiger partial charge in [0.1, 0.15) is 6.54 Å². The van der Waals surface area contributed by atoms with E-state index in [1.807, 2.05) is 56.4 Å². The van der Waals surface area contributed by atoms with Crippen LogP contribution in [0.25, 0.3) is 0 Å². The molecule has 0 spiro atoms. The molecule has 2 amide bonds. The van der Waals surface area contributed by atoms with Gasteiger partial charge in [-0.2, -0.15) is 0 Å². The summed E-state index contributed by atoms with van der Waals surface area (Å²) >= 11 is 0. The molecule has 0 radical (unpaired) electrons. The second-order valence-corrected chi connectivity index (χ2v) is 5.88. The first-order valence-electron chi connectivity index (χ1n) is 8.00. The van der Waals surface area contributed by atoms with Crippen molar-refractivity contribution in [3.05, 3.63) is 65.7 Å². The summed E-state index contributed by atoms with van der Waals surface area (Å²) in [5, 5.41) is 5.53. The van der Waals surface area contributed by atoms with Crippen molar-refractivity contribution < 1.29 is 14.5 Å². The number of anilines is 1. The summed E-state index contributed by atoms with van der Waals surface area (Å²) in [5.41, 5.74) is 2.52. The Bertz CT molecular complexity index is 684. The first kappa shape index (κ1) is 17.7. The van der Waals surface area contributed by atoms with Crippen molar-refractivity contribution in [1.82, 2.24) is 5.32 Å². The zero-order valence-electron chi connectivity index (χ0n) is 14.3. The summed E-state index contributed by atoms with van der Waals surface area (Å²) in [6.45, 7) is 2.61. The minimum atomic E-state index is -0.191. The average molecular weight is 326 g/mol. The number of rotatable bonds is 6. The van der Waals surface area contributed by atoms with Gasteiger partial charge in [0.2, 0.25) is 0 Å². The molecule has 0 aliphatic carbocycles. The molecule has 2 rings (SSSR count). The number of para-hydroxylation sites is 1. The van der Waals surface area contributed by atoms with E-state index >= 15 is 0 Å². The highest BCUT2D eigenvalue weighted by Crippen LogP contribution is 2.06. The smallest absolute Gasteiger partial charge is 0.282 e. The number of benzene rings is 2. The maximum absolute atomic E-state index is 12.3. The highest BCUT2D eigenvalue weighted by Gasteiger charge is 2.22. The van der Waals surface area contributed by atoms with Gasteiger partial charge in [0.05, 0.1) is 7.05 Å². The maximum atomic E-state index is 12.3. The van der Waals surface area contributed by atoms with Crippen molar-refractivity contribution in [2.45, 2.75) is 19.5 Å². The lowest BCUT2D eigenvalue weighted by atomic mass is 10.1. The Hall–Kier alpha value is -2.66. The summed E-state index contributed by atoms with van der Waals surface area (Å²) < 4.78 is 0. The zero-order chi connectivity index (χ0) is 17.5. The van der Waals surface area contributed by atoms with E-state index in [0.717, 1.165) is 16.2 Å². The second kappa shape index (κ2) is 8.26. The van der Waals surface area contributed by atoms with Crippen LogP contribution in [0.2, 0.25) is 0 Å². The summed E-state index contributed by atoms with van der Waals surface area (Å²) in [7, 11) is 3.60. The molecule has 5 nitrogen and oxygen atoms in total. The van der Waals surface area contributed by atoms with E-state index in [4.69, 9.17) is 0 Å². The number of amides is 2. The Morgan fingerprint density at radius 1 is 1.04 bits per heavy atom. The van der Waals surface area contributed by atoms with Crippen LogP contribution in [-0.4, -0.2) is 32.0 Å². The molecule has 0 bridgehead atoms. The molecule has 2 aromatic carbocycles. The molecule has 0 saturated carbocycles. The number of likely N-dealkylation sites (N-methyl/N-ethyl adjacent to an activating group) is 1. The van der Waals surface area contributed by atoms with Crippen LogP contribution in [0.4, 0.5) is 5.69 Å². The zero-order valence-corrected chi connectivity index (χ0v) is 14.3. The fourth-order valence-electron chi connectivity index (χ4n) is 2.39. The van der Waals surface area contributed by atoms with E-state index in [9.17, 15) is 9.59 Å². The molecular formula is C19H24N3O2+. The molecule has 5 heteroatoms. The van der Waals surface area contributed by atoms with Crippen molar-refractivity contribution in [1.29, 1.82) is 0 Å². The van der Waals surface area contributed by atoms with Gasteiger partial charge in [-0.15, -0.1) is 0 Å². The van der Waals surface area contributed by atoms with Crippen molar-refractivity contribution >= 4 is 17.5 Å². The minimum absolute atomic E-state index is 0.0133. The van der Waals surface area contributed by atoms with Gasteiger partial charge < -0.3 is 15.5 Å². The van der Waals surface area contributed by atoms with Gasteiger partial charge >= 0.3 is 0 Å². The molecule has 0 aromatic heterocycles. The highest BCUT2D eigenvalue weighted by atomic mass is 16.2. The van der Waals surface area contributed by atoms with Gasteiger partial charge in [0, 0.05) is 23.9 Å². The molecule has 126 valence electrons. The number of nitrogens with one attached hydrogen (secondary N) is 3. The summed E-state index contributed by atoms with van der Waals surface area (Å²) in [6, 6.07) is 16.7. The molecule has 24 heavy (non-hydrogen) atoms. The van der Waals surface area contributed by atoms with Gasteiger partial charge in [0.25, 0.3) is 11.8 Å². The quantitative estimate of drug-likeness (QED) is 0.744. The lowest BCUT2D eigenvalue weighted by Crippen LogP contribution is -3.12. The molecule has 2 atom stereocenters. The van der Waals surface area contributed by atoms with Crippen molar-refractivity contribution in [3.63, 3.8) is 0 Å². The number of hydrogen-bond donors (Lipinski definition) is 3. The normalized spacial score (nSPS) is 13.0. The predicted octanol–water partition coefficient (Wildman–Crippen LogP) is 1.09. The molecule has 1 unspecified atom stereocenters. The monoisotopic (exact) mass is 326 g/mol. The van der Waals surface area contributed by atoms with Crippen LogP contribution in [0, 0.1) is 0 Å². The van der Waals surface area contributed by atoms with Crippen LogP contribution in [-0.2, 0) is 11.3 Å². The number of carbonyl (C=O) groups excluding carboxylic acids is 2. The first-order valence-corrected chi connectivity index (χ1v) is 8.00. The van der Waals surface area contributed by atoms with Crippen molar-refractivity contribution in [2.24, 2.45) is 0 Å². The third kappa shape index (κ3) is 4.67. The van der Waals surface area contributed by atoms with Gasteiger partial charge in [-0.1, -0.05) is 30.3 Å². The lowest BCUT2D eigenvalue weighted by molar-refractivity contribution is -0.907. The summed E-state index contributed by atoms with van der Waals surface area (Å²) in [4.78, 5) is 25.0. The SMILES string of the molecule is CNC(=O)c1ccc(C[NH+](C)[C@@H](C)C(=O)Nc2ccccc2)cc1. The van der Waals surface area contributed by atoms with E-state index in [2.05, 4.69) is 10.6 Å². The number of quaternary nitrogens is 1. The van der Waals surface area contributed by atoms with Crippen LogP contribution in [0.1, 0.15) is 22.8 Å². The Labute approximate surface area is 142 Å². The molecule has 3 N–H and O–H groups in total. The van der Waals surface area contributed by atoms with Gasteiger partial charge in [0.15, 0.2) is 6.04 Å². The largest absolute Gasteiger partial charge is 0.355 e. The van der Waals surface area contributed by atoms with Crippen LogP contribution in [0.5, 0.6) is 0 Å². The minimum Gasteiger partial charge on any atom is -0.355 e. The van der Waals surface area contributed by atoms with E-state index in [1.54, 1.807) is 19.2 Å². The number of hydrogen-bond acceptors (Lipinski definition) is 2. The Morgan fingerprint density at radius 2 is 1.67 bits per heavy atom. The van der Waals surface area contributed by atoms with Crippen LogP contribution >= 0.6 is 0 Å². The fourth-order valence-corrected chi connectivity index (χ4v) is 2.39. The molecule has 0 aliphatic heterocycles. The third-order valence-electron chi connectivity index (χ3n) is 4.10. The lowest BCUT2D eigenvalue weighted by Gasteiger charge is -2.21. The predicted molar refractivity (Wildman–Crippen MR) is 95.0 cm³/mol. The average Bonchev–Trinajstić information content (AvgIpc) is 2.61. The van der Waals surface area contributed by atoms with Crippen LogP contribution in [0.15, 0.2) is 54.6 Å². The van der Waals surface area contributed by atoms with Crippen LogP contribution in [0.3, 0.4) is 0 Å². The molecule has 0 aliphatic rings. The topological polar surface area (TPSA) is 62.6 Å². The van der Waals surface area contributed by atoms with Crippen molar-refractivity contribution in [2.75, 3.05) is 19.4 Å². The summed E-state index contributed by atoms with van der Waals surface area (Å²) in [5.74, 6) is -0.112. The highest BCUT2D eigenvalue weighted by molar-refractivity contribution is 5.94. The van der Waals surface area contributed by atoms with Crippen molar-refractivity contribution in [3.8, 4) is 0 Å². The molecule has 2 aromatic rings. The second-order valence-electron chi connectivity index (χ2n) is 5.88. The Balaban J connectivity index is 1.94. The van der Waals surface area contributed by atoms with E-state index < -0.39 is 0 Å².